The van der Waals surface area contributed by atoms with Crippen LogP contribution in [0.3, 0.4) is 0 Å². The Morgan fingerprint density at radius 1 is 1.45 bits per heavy atom. The molecule has 0 aromatic heterocycles. The number of ether oxygens (including phenoxy) is 1. The molecule has 2 N–H and O–H groups in total. The van der Waals surface area contributed by atoms with Crippen molar-refractivity contribution in [3.63, 3.8) is 0 Å². The predicted octanol–water partition coefficient (Wildman–Crippen LogP) is 2.12. The minimum atomic E-state index is -0.821. The van der Waals surface area contributed by atoms with Crippen LogP contribution in [-0.4, -0.2) is 35.4 Å². The lowest BCUT2D eigenvalue weighted by atomic mass is 10.2. The van der Waals surface area contributed by atoms with E-state index in [0.717, 1.165) is 24.1 Å². The molecule has 0 spiro atoms. The predicted molar refractivity (Wildman–Crippen MR) is 77.8 cm³/mol. The largest absolute Gasteiger partial charge is 0.481 e. The van der Waals surface area contributed by atoms with Gasteiger partial charge in [-0.25, -0.2) is 0 Å². The second kappa shape index (κ2) is 7.31. The molecule has 5 nitrogen and oxygen atoms in total. The molecular weight excluding hydrogens is 278 g/mol. The molecule has 0 bridgehead atoms. The van der Waals surface area contributed by atoms with Gasteiger partial charge in [-0.2, -0.15) is 0 Å². The lowest BCUT2D eigenvalue weighted by Gasteiger charge is -2.11. The van der Waals surface area contributed by atoms with Crippen LogP contribution in [-0.2, 0) is 20.1 Å². The average molecular weight is 295 g/mol. The summed E-state index contributed by atoms with van der Waals surface area (Å²) in [6.45, 7) is 0.643. The van der Waals surface area contributed by atoms with Gasteiger partial charge in [-0.1, -0.05) is 12.1 Å². The van der Waals surface area contributed by atoms with E-state index in [-0.39, 0.29) is 17.8 Å². The molecule has 1 saturated heterocycles. The molecule has 0 unspecified atom stereocenters. The first kappa shape index (κ1) is 14.9. The van der Waals surface area contributed by atoms with Crippen LogP contribution in [0.5, 0.6) is 0 Å². The first-order valence-electron chi connectivity index (χ1n) is 6.46. The second-order valence-electron chi connectivity index (χ2n) is 4.58. The fourth-order valence-corrected chi connectivity index (χ4v) is 2.69. The van der Waals surface area contributed by atoms with Crippen molar-refractivity contribution in [2.75, 3.05) is 17.7 Å². The van der Waals surface area contributed by atoms with E-state index in [9.17, 15) is 9.59 Å². The van der Waals surface area contributed by atoms with Crippen molar-refractivity contribution in [1.29, 1.82) is 0 Å². The summed E-state index contributed by atoms with van der Waals surface area (Å²) in [6, 6.07) is 7.44. The molecule has 1 amide bonds. The third kappa shape index (κ3) is 4.54. The molecule has 108 valence electrons. The maximum atomic E-state index is 11.9. The van der Waals surface area contributed by atoms with Crippen molar-refractivity contribution < 1.29 is 19.4 Å². The summed E-state index contributed by atoms with van der Waals surface area (Å²) >= 11 is 1.33. The number of thioether (sulfide) groups is 1. The summed E-state index contributed by atoms with van der Waals surface area (Å²) < 4.78 is 5.33. The van der Waals surface area contributed by atoms with Crippen LogP contribution in [0.1, 0.15) is 18.4 Å². The Kier molecular flexibility index (Phi) is 5.43. The molecule has 1 aromatic rings. The molecule has 0 saturated carbocycles. The van der Waals surface area contributed by atoms with Crippen LogP contribution in [0.25, 0.3) is 0 Å². The summed E-state index contributed by atoms with van der Waals surface area (Å²) in [5.74, 6) is -0.252. The van der Waals surface area contributed by atoms with Gasteiger partial charge < -0.3 is 15.2 Å². The summed E-state index contributed by atoms with van der Waals surface area (Å²) in [7, 11) is 0. The van der Waals surface area contributed by atoms with Crippen molar-refractivity contribution >= 4 is 29.3 Å². The summed E-state index contributed by atoms with van der Waals surface area (Å²) in [5, 5.41) is 11.4. The molecule has 20 heavy (non-hydrogen) atoms. The minimum absolute atomic E-state index is 0.0759. The topological polar surface area (TPSA) is 75.6 Å². The first-order chi connectivity index (χ1) is 9.65. The van der Waals surface area contributed by atoms with E-state index in [1.165, 1.54) is 11.8 Å². The maximum Gasteiger partial charge on any atom is 0.313 e. The van der Waals surface area contributed by atoms with Crippen molar-refractivity contribution in [2.45, 2.75) is 24.7 Å². The zero-order valence-electron chi connectivity index (χ0n) is 11.0. The van der Waals surface area contributed by atoms with Gasteiger partial charge in [-0.05, 0) is 30.5 Å². The lowest BCUT2D eigenvalue weighted by molar-refractivity contribution is -0.134. The number of benzene rings is 1. The number of amides is 1. The number of nitrogens with one attached hydrogen (secondary N) is 1. The SMILES string of the molecule is O=C(O)CSCc1cccc(NC(=O)[C@@H]2CCCO2)c1. The van der Waals surface area contributed by atoms with Gasteiger partial charge in [0.25, 0.3) is 5.91 Å². The van der Waals surface area contributed by atoms with E-state index in [1.54, 1.807) is 0 Å². The Morgan fingerprint density at radius 2 is 2.30 bits per heavy atom. The van der Waals surface area contributed by atoms with Crippen molar-refractivity contribution in [3.8, 4) is 0 Å². The van der Waals surface area contributed by atoms with E-state index < -0.39 is 5.97 Å². The van der Waals surface area contributed by atoms with Crippen LogP contribution < -0.4 is 5.32 Å². The zero-order valence-corrected chi connectivity index (χ0v) is 11.8. The van der Waals surface area contributed by atoms with Crippen LogP contribution in [0.4, 0.5) is 5.69 Å². The van der Waals surface area contributed by atoms with E-state index >= 15 is 0 Å². The van der Waals surface area contributed by atoms with Crippen LogP contribution in [0, 0.1) is 0 Å². The molecule has 1 heterocycles. The smallest absolute Gasteiger partial charge is 0.313 e. The molecule has 0 radical (unpaired) electrons. The summed E-state index contributed by atoms with van der Waals surface area (Å²) in [5.41, 5.74) is 1.71. The van der Waals surface area contributed by atoms with E-state index in [2.05, 4.69) is 5.32 Å². The third-order valence-corrected chi connectivity index (χ3v) is 3.90. The number of carbonyl (C=O) groups excluding carboxylic acids is 1. The van der Waals surface area contributed by atoms with Gasteiger partial charge in [-0.3, -0.25) is 9.59 Å². The normalized spacial score (nSPS) is 17.9. The molecule has 0 aliphatic carbocycles. The number of carboxylic acids is 1. The standard InChI is InChI=1S/C14H17NO4S/c16-13(17)9-20-8-10-3-1-4-11(7-10)15-14(18)12-5-2-6-19-12/h1,3-4,7,12H,2,5-6,8-9H2,(H,15,18)(H,16,17)/t12-/m0/s1. The van der Waals surface area contributed by atoms with E-state index in [0.29, 0.717) is 12.4 Å². The highest BCUT2D eigenvalue weighted by molar-refractivity contribution is 7.99. The van der Waals surface area contributed by atoms with Crippen LogP contribution >= 0.6 is 11.8 Å². The second-order valence-corrected chi connectivity index (χ2v) is 5.56. The third-order valence-electron chi connectivity index (χ3n) is 2.91. The average Bonchev–Trinajstić information content (AvgIpc) is 2.92. The number of carbonyl (C=O) groups is 2. The molecule has 1 fully saturated rings. The molecule has 1 atom stereocenters. The minimum Gasteiger partial charge on any atom is -0.481 e. The van der Waals surface area contributed by atoms with Crippen LogP contribution in [0.15, 0.2) is 24.3 Å². The highest BCUT2D eigenvalue weighted by Gasteiger charge is 2.23. The van der Waals surface area contributed by atoms with Gasteiger partial charge in [0.15, 0.2) is 0 Å². The van der Waals surface area contributed by atoms with Gasteiger partial charge in [-0.15, -0.1) is 11.8 Å². The maximum absolute atomic E-state index is 11.9. The number of hydrogen-bond acceptors (Lipinski definition) is 4. The van der Waals surface area contributed by atoms with Gasteiger partial charge in [0.1, 0.15) is 6.10 Å². The number of rotatable bonds is 6. The van der Waals surface area contributed by atoms with E-state index in [1.807, 2.05) is 24.3 Å². The Labute approximate surface area is 121 Å². The Morgan fingerprint density at radius 3 is 3.00 bits per heavy atom. The molecule has 2 rings (SSSR count). The molecule has 6 heteroatoms. The van der Waals surface area contributed by atoms with Gasteiger partial charge >= 0.3 is 5.97 Å². The van der Waals surface area contributed by atoms with Crippen molar-refractivity contribution in [1.82, 2.24) is 0 Å². The van der Waals surface area contributed by atoms with Gasteiger partial charge in [0.05, 0.1) is 5.75 Å². The molecule has 1 aliphatic heterocycles. The molecule has 1 aromatic carbocycles. The monoisotopic (exact) mass is 295 g/mol. The fourth-order valence-electron chi connectivity index (χ4n) is 2.00. The van der Waals surface area contributed by atoms with Crippen LogP contribution in [0.2, 0.25) is 0 Å². The molecule has 1 aliphatic rings. The van der Waals surface area contributed by atoms with E-state index in [4.69, 9.17) is 9.84 Å². The Balaban J connectivity index is 1.88. The van der Waals surface area contributed by atoms with Gasteiger partial charge in [0.2, 0.25) is 0 Å². The molecular formula is C14H17NO4S. The highest BCUT2D eigenvalue weighted by atomic mass is 32.2. The zero-order chi connectivity index (χ0) is 14.4. The fraction of sp³-hybridized carbons (Fsp3) is 0.429. The van der Waals surface area contributed by atoms with Crippen molar-refractivity contribution in [3.05, 3.63) is 29.8 Å². The quantitative estimate of drug-likeness (QED) is 0.841. The van der Waals surface area contributed by atoms with Gasteiger partial charge in [0, 0.05) is 18.0 Å². The summed E-state index contributed by atoms with van der Waals surface area (Å²) in [4.78, 5) is 22.4. The highest BCUT2D eigenvalue weighted by Crippen LogP contribution is 2.18. The Hall–Kier alpha value is -1.53. The first-order valence-corrected chi connectivity index (χ1v) is 7.61. The summed E-state index contributed by atoms with van der Waals surface area (Å²) in [6.07, 6.45) is 1.34. The number of aliphatic carboxylic acids is 1. The Bertz CT molecular complexity index is 486. The number of hydrogen-bond donors (Lipinski definition) is 2. The number of anilines is 1. The number of carboxylic acid groups (broad SMARTS) is 1. The lowest BCUT2D eigenvalue weighted by Crippen LogP contribution is -2.26. The van der Waals surface area contributed by atoms with Crippen molar-refractivity contribution in [2.24, 2.45) is 0 Å².